The minimum absolute atomic E-state index is 0.0493. The molecule has 1 fully saturated rings. The van der Waals surface area contributed by atoms with E-state index in [-0.39, 0.29) is 24.2 Å². The standard InChI is InChI=1S/C21H29FN6O2/c1-3-23-21(28-10-11-30-19(15-28)17-13-26-27(2)14-17)25-9-8-24-20(29)12-16-4-6-18(22)7-5-16/h4-7,13-14,19H,3,8-12,15H2,1-2H3,(H,23,25)(H,24,29). The van der Waals surface area contributed by atoms with Gasteiger partial charge in [0.25, 0.3) is 0 Å². The van der Waals surface area contributed by atoms with Crippen molar-refractivity contribution in [1.29, 1.82) is 0 Å². The number of carbonyl (C=O) groups is 1. The van der Waals surface area contributed by atoms with Crippen LogP contribution >= 0.6 is 0 Å². The highest BCUT2D eigenvalue weighted by Gasteiger charge is 2.25. The Labute approximate surface area is 176 Å². The van der Waals surface area contributed by atoms with Gasteiger partial charge in [0.05, 0.1) is 32.3 Å². The predicted molar refractivity (Wildman–Crippen MR) is 113 cm³/mol. The minimum atomic E-state index is -0.307. The van der Waals surface area contributed by atoms with E-state index in [1.165, 1.54) is 12.1 Å². The van der Waals surface area contributed by atoms with Crippen LogP contribution in [0.25, 0.3) is 0 Å². The van der Waals surface area contributed by atoms with Crippen LogP contribution in [0.5, 0.6) is 0 Å². The van der Waals surface area contributed by atoms with Crippen molar-refractivity contribution < 1.29 is 13.9 Å². The summed E-state index contributed by atoms with van der Waals surface area (Å²) in [5.74, 6) is 0.394. The third-order valence-corrected chi connectivity index (χ3v) is 4.77. The van der Waals surface area contributed by atoms with Crippen molar-refractivity contribution in [3.63, 3.8) is 0 Å². The Balaban J connectivity index is 1.49. The second kappa shape index (κ2) is 10.7. The van der Waals surface area contributed by atoms with Gasteiger partial charge in [0.2, 0.25) is 5.91 Å². The van der Waals surface area contributed by atoms with Gasteiger partial charge >= 0.3 is 0 Å². The lowest BCUT2D eigenvalue weighted by Gasteiger charge is -2.34. The van der Waals surface area contributed by atoms with E-state index >= 15 is 0 Å². The van der Waals surface area contributed by atoms with Gasteiger partial charge in [-0.05, 0) is 24.6 Å². The van der Waals surface area contributed by atoms with Crippen LogP contribution in [0.3, 0.4) is 0 Å². The first-order chi connectivity index (χ1) is 14.5. The zero-order valence-corrected chi connectivity index (χ0v) is 17.5. The molecule has 30 heavy (non-hydrogen) atoms. The number of nitrogens with zero attached hydrogens (tertiary/aromatic N) is 4. The third-order valence-electron chi connectivity index (χ3n) is 4.77. The molecule has 1 unspecified atom stereocenters. The first-order valence-electron chi connectivity index (χ1n) is 10.2. The molecule has 0 saturated carbocycles. The van der Waals surface area contributed by atoms with Gasteiger partial charge in [-0.25, -0.2) is 4.39 Å². The highest BCUT2D eigenvalue weighted by Crippen LogP contribution is 2.21. The van der Waals surface area contributed by atoms with Gasteiger partial charge in [0.15, 0.2) is 5.96 Å². The molecule has 162 valence electrons. The van der Waals surface area contributed by atoms with Crippen LogP contribution in [0.4, 0.5) is 4.39 Å². The molecule has 1 aliphatic rings. The molecule has 1 saturated heterocycles. The fraction of sp³-hybridized carbons (Fsp3) is 0.476. The number of ether oxygens (including phenoxy) is 1. The summed E-state index contributed by atoms with van der Waals surface area (Å²) in [6.45, 7) is 5.73. The molecule has 0 bridgehead atoms. The summed E-state index contributed by atoms with van der Waals surface area (Å²) in [7, 11) is 1.89. The van der Waals surface area contributed by atoms with Crippen molar-refractivity contribution in [3.05, 3.63) is 53.6 Å². The summed E-state index contributed by atoms with van der Waals surface area (Å²) >= 11 is 0. The molecule has 2 aromatic rings. The third kappa shape index (κ3) is 6.28. The van der Waals surface area contributed by atoms with Gasteiger partial charge in [0, 0.05) is 38.4 Å². The summed E-state index contributed by atoms with van der Waals surface area (Å²) < 4.78 is 20.6. The molecule has 1 aromatic heterocycles. The maximum absolute atomic E-state index is 12.9. The molecule has 2 heterocycles. The Morgan fingerprint density at radius 3 is 2.83 bits per heavy atom. The van der Waals surface area contributed by atoms with Gasteiger partial charge in [-0.3, -0.25) is 14.5 Å². The van der Waals surface area contributed by atoms with Crippen LogP contribution in [-0.4, -0.2) is 65.9 Å². The van der Waals surface area contributed by atoms with Crippen LogP contribution in [0.1, 0.15) is 24.2 Å². The fourth-order valence-electron chi connectivity index (χ4n) is 3.28. The van der Waals surface area contributed by atoms with E-state index in [4.69, 9.17) is 4.74 Å². The highest BCUT2D eigenvalue weighted by molar-refractivity contribution is 5.80. The van der Waals surface area contributed by atoms with Crippen molar-refractivity contribution in [2.75, 3.05) is 39.3 Å². The monoisotopic (exact) mass is 416 g/mol. The van der Waals surface area contributed by atoms with E-state index in [1.54, 1.807) is 16.8 Å². The van der Waals surface area contributed by atoms with Crippen molar-refractivity contribution in [3.8, 4) is 0 Å². The molecule has 1 aliphatic heterocycles. The summed E-state index contributed by atoms with van der Waals surface area (Å²) in [6.07, 6.45) is 3.97. The number of carbonyl (C=O) groups excluding carboxylic acids is 1. The number of hydrogen-bond donors (Lipinski definition) is 2. The van der Waals surface area contributed by atoms with Crippen molar-refractivity contribution in [2.45, 2.75) is 19.4 Å². The second-order valence-corrected chi connectivity index (χ2v) is 7.14. The number of rotatable bonds is 7. The number of aliphatic imine (C=N–C) groups is 1. The van der Waals surface area contributed by atoms with E-state index in [0.29, 0.717) is 26.2 Å². The molecule has 0 aliphatic carbocycles. The molecule has 0 radical (unpaired) electrons. The molecular weight excluding hydrogens is 387 g/mol. The predicted octanol–water partition coefficient (Wildman–Crippen LogP) is 1.26. The van der Waals surface area contributed by atoms with Crippen LogP contribution < -0.4 is 10.6 Å². The number of aryl methyl sites for hydroxylation is 1. The van der Waals surface area contributed by atoms with Crippen LogP contribution in [0, 0.1) is 5.82 Å². The number of nitrogens with one attached hydrogen (secondary N) is 2. The topological polar surface area (TPSA) is 83.8 Å². The van der Waals surface area contributed by atoms with Crippen molar-refractivity contribution >= 4 is 11.9 Å². The van der Waals surface area contributed by atoms with Gasteiger partial charge in [0.1, 0.15) is 11.9 Å². The lowest BCUT2D eigenvalue weighted by Crippen LogP contribution is -2.48. The lowest BCUT2D eigenvalue weighted by atomic mass is 10.1. The maximum atomic E-state index is 12.9. The number of morpholine rings is 1. The smallest absolute Gasteiger partial charge is 0.224 e. The Bertz CT molecular complexity index is 851. The van der Waals surface area contributed by atoms with Gasteiger partial charge < -0.3 is 20.3 Å². The minimum Gasteiger partial charge on any atom is -0.370 e. The molecule has 0 spiro atoms. The Morgan fingerprint density at radius 1 is 1.33 bits per heavy atom. The Morgan fingerprint density at radius 2 is 2.13 bits per heavy atom. The second-order valence-electron chi connectivity index (χ2n) is 7.14. The Kier molecular flexibility index (Phi) is 7.78. The van der Waals surface area contributed by atoms with Crippen molar-refractivity contribution in [2.24, 2.45) is 12.0 Å². The van der Waals surface area contributed by atoms with E-state index in [9.17, 15) is 9.18 Å². The average Bonchev–Trinajstić information content (AvgIpc) is 3.18. The molecule has 3 rings (SSSR count). The van der Waals surface area contributed by atoms with E-state index in [1.807, 2.05) is 26.4 Å². The van der Waals surface area contributed by atoms with Crippen molar-refractivity contribution in [1.82, 2.24) is 25.3 Å². The van der Waals surface area contributed by atoms with Crippen LogP contribution in [0.2, 0.25) is 0 Å². The molecular formula is C21H29FN6O2. The zero-order chi connectivity index (χ0) is 21.3. The van der Waals surface area contributed by atoms with Crippen LogP contribution in [-0.2, 0) is 23.0 Å². The molecule has 9 heteroatoms. The van der Waals surface area contributed by atoms with Gasteiger partial charge in [-0.15, -0.1) is 0 Å². The number of benzene rings is 1. The number of guanidine groups is 1. The number of halogens is 1. The quantitative estimate of drug-likeness (QED) is 0.403. The molecule has 1 amide bonds. The molecule has 8 nitrogen and oxygen atoms in total. The summed E-state index contributed by atoms with van der Waals surface area (Å²) in [5, 5.41) is 10.4. The van der Waals surface area contributed by atoms with Crippen LogP contribution in [0.15, 0.2) is 41.7 Å². The summed E-state index contributed by atoms with van der Waals surface area (Å²) in [6, 6.07) is 5.95. The zero-order valence-electron chi connectivity index (χ0n) is 17.5. The fourth-order valence-corrected chi connectivity index (χ4v) is 3.28. The largest absolute Gasteiger partial charge is 0.370 e. The lowest BCUT2D eigenvalue weighted by molar-refractivity contribution is -0.120. The number of hydrogen-bond acceptors (Lipinski definition) is 4. The first kappa shape index (κ1) is 21.8. The average molecular weight is 417 g/mol. The SMILES string of the molecule is CCNC(=NCCNC(=O)Cc1ccc(F)cc1)N1CCOC(c2cnn(C)c2)C1. The summed E-state index contributed by atoms with van der Waals surface area (Å²) in [4.78, 5) is 18.9. The highest BCUT2D eigenvalue weighted by atomic mass is 19.1. The normalized spacial score (nSPS) is 17.1. The molecule has 2 N–H and O–H groups in total. The Hall–Kier alpha value is -2.94. The number of amides is 1. The van der Waals surface area contributed by atoms with Gasteiger partial charge in [-0.2, -0.15) is 5.10 Å². The molecule has 1 atom stereocenters. The van der Waals surface area contributed by atoms with E-state index in [2.05, 4.69) is 25.6 Å². The first-order valence-corrected chi connectivity index (χ1v) is 10.2. The van der Waals surface area contributed by atoms with Gasteiger partial charge in [-0.1, -0.05) is 12.1 Å². The van der Waals surface area contributed by atoms with E-state index in [0.717, 1.165) is 30.2 Å². The summed E-state index contributed by atoms with van der Waals surface area (Å²) in [5.41, 5.74) is 1.83. The molecule has 1 aromatic carbocycles. The maximum Gasteiger partial charge on any atom is 0.224 e. The van der Waals surface area contributed by atoms with E-state index < -0.39 is 0 Å². The number of aromatic nitrogens is 2.